The molecule has 0 saturated heterocycles. The van der Waals surface area contributed by atoms with Gasteiger partial charge in [-0.25, -0.2) is 9.18 Å². The molecule has 0 fully saturated rings. The number of carbonyl (C=O) groups excluding carboxylic acids is 1. The molecule has 2 aromatic rings. The summed E-state index contributed by atoms with van der Waals surface area (Å²) in [5.74, 6) is -1.34. The van der Waals surface area contributed by atoms with Gasteiger partial charge >= 0.3 is 5.97 Å². The van der Waals surface area contributed by atoms with Crippen molar-refractivity contribution < 1.29 is 23.8 Å². The molecule has 0 aliphatic carbocycles. The van der Waals surface area contributed by atoms with E-state index in [0.717, 1.165) is 6.07 Å². The first-order chi connectivity index (χ1) is 10.1. The van der Waals surface area contributed by atoms with E-state index in [2.05, 4.69) is 20.1 Å². The van der Waals surface area contributed by atoms with Crippen molar-refractivity contribution in [3.05, 3.63) is 35.9 Å². The quantitative estimate of drug-likeness (QED) is 0.751. The summed E-state index contributed by atoms with van der Waals surface area (Å²) in [7, 11) is 1.17. The van der Waals surface area contributed by atoms with E-state index in [4.69, 9.17) is 4.74 Å². The van der Waals surface area contributed by atoms with Gasteiger partial charge in [-0.15, -0.1) is 10.2 Å². The lowest BCUT2D eigenvalue weighted by molar-refractivity contribution is 0.0594. The van der Waals surface area contributed by atoms with E-state index in [0.29, 0.717) is 0 Å². The minimum atomic E-state index is -0.887. The smallest absolute Gasteiger partial charge is 0.340 e. The second-order valence-corrected chi connectivity index (χ2v) is 4.09. The van der Waals surface area contributed by atoms with Crippen molar-refractivity contribution in [2.45, 2.75) is 12.6 Å². The van der Waals surface area contributed by atoms with Gasteiger partial charge in [-0.2, -0.15) is 4.80 Å². The van der Waals surface area contributed by atoms with Crippen LogP contribution in [-0.2, 0) is 11.3 Å². The van der Waals surface area contributed by atoms with Gasteiger partial charge in [-0.1, -0.05) is 0 Å². The van der Waals surface area contributed by atoms with Crippen LogP contribution in [0.1, 0.15) is 10.4 Å². The Morgan fingerprint density at radius 2 is 2.33 bits per heavy atom. The number of halogens is 1. The maximum Gasteiger partial charge on any atom is 0.340 e. The largest absolute Gasteiger partial charge is 0.491 e. The highest BCUT2D eigenvalue weighted by atomic mass is 19.1. The molecule has 2 rings (SSSR count). The van der Waals surface area contributed by atoms with E-state index in [1.165, 1.54) is 30.4 Å². The summed E-state index contributed by atoms with van der Waals surface area (Å²) in [6, 6.07) is 3.71. The van der Waals surface area contributed by atoms with E-state index < -0.39 is 17.9 Å². The Balaban J connectivity index is 1.91. The Hall–Kier alpha value is -2.55. The fourth-order valence-electron chi connectivity index (χ4n) is 1.57. The molecular weight excluding hydrogens is 283 g/mol. The molecule has 0 amide bonds. The van der Waals surface area contributed by atoms with E-state index in [-0.39, 0.29) is 24.5 Å². The zero-order chi connectivity index (χ0) is 15.2. The maximum absolute atomic E-state index is 13.6. The second kappa shape index (κ2) is 6.75. The predicted molar refractivity (Wildman–Crippen MR) is 67.1 cm³/mol. The van der Waals surface area contributed by atoms with Crippen LogP contribution in [0.25, 0.3) is 0 Å². The molecule has 1 heterocycles. The predicted octanol–water partition coefficient (Wildman–Crippen LogP) is 0.0387. The number of ether oxygens (including phenoxy) is 2. The van der Waals surface area contributed by atoms with Crippen molar-refractivity contribution in [3.8, 4) is 5.75 Å². The van der Waals surface area contributed by atoms with Gasteiger partial charge < -0.3 is 14.6 Å². The summed E-state index contributed by atoms with van der Waals surface area (Å²) in [5.41, 5.74) is -0.183. The summed E-state index contributed by atoms with van der Waals surface area (Å²) in [6.07, 6.45) is 0.358. The van der Waals surface area contributed by atoms with Crippen molar-refractivity contribution in [2.75, 3.05) is 13.7 Å². The van der Waals surface area contributed by atoms with E-state index in [1.807, 2.05) is 0 Å². The number of nitrogens with zero attached hydrogens (tertiary/aromatic N) is 4. The van der Waals surface area contributed by atoms with Crippen molar-refractivity contribution in [1.82, 2.24) is 20.2 Å². The van der Waals surface area contributed by atoms with Crippen LogP contribution in [0.3, 0.4) is 0 Å². The van der Waals surface area contributed by atoms with Crippen LogP contribution in [-0.4, -0.2) is 51.1 Å². The van der Waals surface area contributed by atoms with Crippen molar-refractivity contribution >= 4 is 5.97 Å². The monoisotopic (exact) mass is 296 g/mol. The van der Waals surface area contributed by atoms with Crippen LogP contribution in [0.15, 0.2) is 24.5 Å². The Morgan fingerprint density at radius 1 is 1.52 bits per heavy atom. The molecule has 1 N–H and O–H groups in total. The third-order valence-electron chi connectivity index (χ3n) is 2.55. The first kappa shape index (κ1) is 14.9. The zero-order valence-electron chi connectivity index (χ0n) is 11.1. The Bertz CT molecular complexity index is 605. The SMILES string of the molecule is COC(=O)c1ccc(OC[C@@H](O)Cn2ncnn2)cc1F. The average molecular weight is 296 g/mol. The van der Waals surface area contributed by atoms with Gasteiger partial charge in [0.05, 0.1) is 19.2 Å². The molecule has 1 aromatic carbocycles. The first-order valence-electron chi connectivity index (χ1n) is 5.99. The number of aromatic nitrogens is 4. The average Bonchev–Trinajstić information content (AvgIpc) is 2.97. The van der Waals surface area contributed by atoms with Gasteiger partial charge in [0.2, 0.25) is 0 Å². The van der Waals surface area contributed by atoms with Crippen molar-refractivity contribution in [1.29, 1.82) is 0 Å². The van der Waals surface area contributed by atoms with Gasteiger partial charge in [-0.05, 0) is 17.3 Å². The number of hydrogen-bond donors (Lipinski definition) is 1. The second-order valence-electron chi connectivity index (χ2n) is 4.09. The normalized spacial score (nSPS) is 12.0. The number of esters is 1. The number of methoxy groups -OCH3 is 1. The number of hydrogen-bond acceptors (Lipinski definition) is 7. The number of rotatable bonds is 6. The summed E-state index contributed by atoms with van der Waals surface area (Å²) in [5, 5.41) is 20.5. The number of aliphatic hydroxyl groups is 1. The van der Waals surface area contributed by atoms with Crippen LogP contribution >= 0.6 is 0 Å². The lowest BCUT2D eigenvalue weighted by Crippen LogP contribution is -2.25. The number of aliphatic hydroxyl groups excluding tert-OH is 1. The summed E-state index contributed by atoms with van der Waals surface area (Å²) in [6.45, 7) is 0.0152. The molecule has 21 heavy (non-hydrogen) atoms. The molecular formula is C12H13FN4O4. The van der Waals surface area contributed by atoms with Gasteiger partial charge in [0.15, 0.2) is 6.33 Å². The minimum Gasteiger partial charge on any atom is -0.491 e. The third-order valence-corrected chi connectivity index (χ3v) is 2.55. The van der Waals surface area contributed by atoms with Gasteiger partial charge in [0, 0.05) is 6.07 Å². The Kier molecular flexibility index (Phi) is 4.77. The van der Waals surface area contributed by atoms with E-state index in [9.17, 15) is 14.3 Å². The highest BCUT2D eigenvalue weighted by Crippen LogP contribution is 2.17. The zero-order valence-corrected chi connectivity index (χ0v) is 11.1. The molecule has 1 atom stereocenters. The topological polar surface area (TPSA) is 99.4 Å². The lowest BCUT2D eigenvalue weighted by Gasteiger charge is -2.12. The summed E-state index contributed by atoms with van der Waals surface area (Å²) < 4.78 is 23.3. The molecule has 0 saturated carbocycles. The standard InChI is InChI=1S/C12H13FN4O4/c1-20-12(19)10-3-2-9(4-11(10)13)21-6-8(18)5-17-15-7-14-16-17/h2-4,7-8,18H,5-6H2,1H3/t8-/m0/s1. The van der Waals surface area contributed by atoms with Crippen LogP contribution in [0.4, 0.5) is 4.39 Å². The fourth-order valence-corrected chi connectivity index (χ4v) is 1.57. The maximum atomic E-state index is 13.6. The molecule has 9 heteroatoms. The minimum absolute atomic E-state index is 0.0848. The van der Waals surface area contributed by atoms with Gasteiger partial charge in [0.25, 0.3) is 0 Å². The first-order valence-corrected chi connectivity index (χ1v) is 5.99. The van der Waals surface area contributed by atoms with Crippen LogP contribution in [0.2, 0.25) is 0 Å². The van der Waals surface area contributed by atoms with Gasteiger partial charge in [-0.3, -0.25) is 0 Å². The Morgan fingerprint density at radius 3 is 2.95 bits per heavy atom. The van der Waals surface area contributed by atoms with Crippen LogP contribution in [0.5, 0.6) is 5.75 Å². The molecule has 0 bridgehead atoms. The fraction of sp³-hybridized carbons (Fsp3) is 0.333. The highest BCUT2D eigenvalue weighted by molar-refractivity contribution is 5.89. The van der Waals surface area contributed by atoms with Crippen molar-refractivity contribution in [3.63, 3.8) is 0 Å². The van der Waals surface area contributed by atoms with Crippen LogP contribution < -0.4 is 4.74 Å². The molecule has 112 valence electrons. The highest BCUT2D eigenvalue weighted by Gasteiger charge is 2.14. The molecule has 0 aliphatic rings. The van der Waals surface area contributed by atoms with Crippen molar-refractivity contribution in [2.24, 2.45) is 0 Å². The Labute approximate surface area is 119 Å². The van der Waals surface area contributed by atoms with E-state index >= 15 is 0 Å². The van der Waals surface area contributed by atoms with E-state index in [1.54, 1.807) is 0 Å². The molecule has 8 nitrogen and oxygen atoms in total. The molecule has 0 radical (unpaired) electrons. The van der Waals surface area contributed by atoms with Crippen LogP contribution in [0, 0.1) is 5.82 Å². The van der Waals surface area contributed by atoms with Gasteiger partial charge in [0.1, 0.15) is 24.3 Å². The number of carbonyl (C=O) groups is 1. The molecule has 0 unspecified atom stereocenters. The summed E-state index contributed by atoms with van der Waals surface area (Å²) >= 11 is 0. The third kappa shape index (κ3) is 3.96. The molecule has 0 aliphatic heterocycles. The molecule has 1 aromatic heterocycles. The molecule has 0 spiro atoms. The number of benzene rings is 1. The lowest BCUT2D eigenvalue weighted by atomic mass is 10.2. The summed E-state index contributed by atoms with van der Waals surface area (Å²) in [4.78, 5) is 12.4. The number of tetrazole rings is 1.